The zero-order chi connectivity index (χ0) is 15.5. The Morgan fingerprint density at radius 3 is 2.86 bits per heavy atom. The molecular weight excluding hydrogens is 300 g/mol. The second-order valence-electron chi connectivity index (χ2n) is 5.49. The van der Waals surface area contributed by atoms with E-state index < -0.39 is 0 Å². The van der Waals surface area contributed by atoms with Crippen LogP contribution in [0.15, 0.2) is 24.5 Å². The maximum Gasteiger partial charge on any atom is 0.153 e. The van der Waals surface area contributed by atoms with E-state index >= 15 is 0 Å². The van der Waals surface area contributed by atoms with Crippen LogP contribution in [0.2, 0.25) is 5.02 Å². The van der Waals surface area contributed by atoms with E-state index in [0.717, 1.165) is 24.4 Å². The number of hydrogen-bond acceptors (Lipinski definition) is 5. The average Bonchev–Trinajstić information content (AvgIpc) is 3.33. The van der Waals surface area contributed by atoms with E-state index in [1.54, 1.807) is 13.2 Å². The van der Waals surface area contributed by atoms with Gasteiger partial charge in [-0.1, -0.05) is 24.4 Å². The van der Waals surface area contributed by atoms with Gasteiger partial charge in [-0.05, 0) is 30.5 Å². The Hall–Kier alpha value is -2.01. The van der Waals surface area contributed by atoms with E-state index in [1.165, 1.54) is 19.2 Å². The molecule has 0 spiro atoms. The van der Waals surface area contributed by atoms with Crippen LogP contribution in [0.3, 0.4) is 0 Å². The molecule has 0 saturated heterocycles. The molecule has 1 aliphatic carbocycles. The van der Waals surface area contributed by atoms with E-state index in [4.69, 9.17) is 22.1 Å². The van der Waals surface area contributed by atoms with Crippen molar-refractivity contribution in [2.24, 2.45) is 5.92 Å². The largest absolute Gasteiger partial charge is 0.497 e. The summed E-state index contributed by atoms with van der Waals surface area (Å²) >= 11 is 6.30. The van der Waals surface area contributed by atoms with Gasteiger partial charge in [0.25, 0.3) is 0 Å². The second-order valence-corrected chi connectivity index (χ2v) is 5.90. The van der Waals surface area contributed by atoms with E-state index in [-0.39, 0.29) is 0 Å². The average molecular weight is 319 g/mol. The summed E-state index contributed by atoms with van der Waals surface area (Å²) < 4.78 is 5.16. The number of methoxy groups -OCH3 is 1. The molecule has 3 rings (SSSR count). The van der Waals surface area contributed by atoms with Crippen LogP contribution in [0.25, 0.3) is 11.3 Å². The van der Waals surface area contributed by atoms with Crippen molar-refractivity contribution in [2.45, 2.75) is 19.3 Å². The van der Waals surface area contributed by atoms with Crippen molar-refractivity contribution in [1.29, 1.82) is 0 Å². The van der Waals surface area contributed by atoms with Crippen molar-refractivity contribution >= 4 is 23.1 Å². The fourth-order valence-corrected chi connectivity index (χ4v) is 2.63. The zero-order valence-corrected chi connectivity index (χ0v) is 13.2. The van der Waals surface area contributed by atoms with Gasteiger partial charge in [0.05, 0.1) is 12.1 Å². The number of ether oxygens (including phenoxy) is 1. The Morgan fingerprint density at radius 1 is 1.36 bits per heavy atom. The number of nitrogens with one attached hydrogen (secondary N) is 1. The van der Waals surface area contributed by atoms with Gasteiger partial charge in [-0.2, -0.15) is 0 Å². The van der Waals surface area contributed by atoms with Gasteiger partial charge in [0.1, 0.15) is 23.5 Å². The molecule has 1 aromatic carbocycles. The van der Waals surface area contributed by atoms with Crippen LogP contribution >= 0.6 is 11.6 Å². The molecule has 5 nitrogen and oxygen atoms in total. The molecule has 2 aromatic rings. The molecule has 116 valence electrons. The third kappa shape index (κ3) is 3.25. The minimum absolute atomic E-state index is 0.519. The smallest absolute Gasteiger partial charge is 0.153 e. The van der Waals surface area contributed by atoms with Gasteiger partial charge < -0.3 is 15.8 Å². The first kappa shape index (κ1) is 14.9. The summed E-state index contributed by atoms with van der Waals surface area (Å²) in [5, 5.41) is 3.84. The summed E-state index contributed by atoms with van der Waals surface area (Å²) in [5.41, 5.74) is 8.14. The molecule has 1 aliphatic rings. The first-order valence-electron chi connectivity index (χ1n) is 7.37. The summed E-state index contributed by atoms with van der Waals surface area (Å²) in [6.45, 7) is 0.877. The monoisotopic (exact) mass is 318 g/mol. The summed E-state index contributed by atoms with van der Waals surface area (Å²) in [4.78, 5) is 8.51. The maximum absolute atomic E-state index is 6.30. The highest BCUT2D eigenvalue weighted by Crippen LogP contribution is 2.35. The van der Waals surface area contributed by atoms with Crippen LogP contribution in [0.4, 0.5) is 11.5 Å². The topological polar surface area (TPSA) is 73.1 Å². The highest BCUT2D eigenvalue weighted by Gasteiger charge is 2.20. The lowest BCUT2D eigenvalue weighted by atomic mass is 10.1. The molecule has 0 radical (unpaired) electrons. The third-order valence-corrected chi connectivity index (χ3v) is 4.17. The molecule has 1 aromatic heterocycles. The van der Waals surface area contributed by atoms with Crippen molar-refractivity contribution in [2.75, 3.05) is 24.7 Å². The number of anilines is 2. The summed E-state index contributed by atoms with van der Waals surface area (Å²) in [5.74, 6) is 2.23. The van der Waals surface area contributed by atoms with Crippen molar-refractivity contribution in [3.8, 4) is 17.0 Å². The third-order valence-electron chi connectivity index (χ3n) is 3.86. The molecule has 6 heteroatoms. The van der Waals surface area contributed by atoms with E-state index in [9.17, 15) is 0 Å². The summed E-state index contributed by atoms with van der Waals surface area (Å²) in [7, 11) is 1.60. The van der Waals surface area contributed by atoms with Crippen molar-refractivity contribution in [3.63, 3.8) is 0 Å². The summed E-state index contributed by atoms with van der Waals surface area (Å²) in [6, 6.07) is 5.44. The van der Waals surface area contributed by atoms with Gasteiger partial charge in [0.15, 0.2) is 5.82 Å². The molecule has 1 fully saturated rings. The van der Waals surface area contributed by atoms with Crippen molar-refractivity contribution in [3.05, 3.63) is 29.5 Å². The quantitative estimate of drug-likeness (QED) is 0.851. The number of halogens is 1. The maximum atomic E-state index is 6.30. The standard InChI is InChI=1S/C16H19ClN4O/c1-22-11-4-5-12(13(17)8-11)15-14(18)16(21-9-20-15)19-7-6-10-2-3-10/h4-5,8-10H,2-3,6-7,18H2,1H3,(H,19,20,21). The Kier molecular flexibility index (Phi) is 4.34. The highest BCUT2D eigenvalue weighted by atomic mass is 35.5. The van der Waals surface area contributed by atoms with E-state index in [0.29, 0.717) is 28.0 Å². The normalized spacial score (nSPS) is 13.9. The van der Waals surface area contributed by atoms with Crippen molar-refractivity contribution < 1.29 is 4.74 Å². The van der Waals surface area contributed by atoms with Crippen LogP contribution in [0.1, 0.15) is 19.3 Å². The lowest BCUT2D eigenvalue weighted by Gasteiger charge is -2.12. The SMILES string of the molecule is COc1ccc(-c2ncnc(NCCC3CC3)c2N)c(Cl)c1. The molecule has 0 bridgehead atoms. The molecule has 0 unspecified atom stereocenters. The number of nitrogens with zero attached hydrogens (tertiary/aromatic N) is 2. The molecular formula is C16H19ClN4O. The Balaban J connectivity index is 1.83. The Labute approximate surface area is 134 Å². The van der Waals surface area contributed by atoms with Gasteiger partial charge in [-0.25, -0.2) is 9.97 Å². The number of rotatable bonds is 6. The van der Waals surface area contributed by atoms with Gasteiger partial charge in [0, 0.05) is 12.1 Å². The first-order valence-corrected chi connectivity index (χ1v) is 7.75. The van der Waals surface area contributed by atoms with Crippen molar-refractivity contribution in [1.82, 2.24) is 9.97 Å². The van der Waals surface area contributed by atoms with Crippen LogP contribution < -0.4 is 15.8 Å². The Bertz CT molecular complexity index is 673. The second kappa shape index (κ2) is 6.40. The molecule has 0 aliphatic heterocycles. The van der Waals surface area contributed by atoms with Gasteiger partial charge >= 0.3 is 0 Å². The predicted molar refractivity (Wildman–Crippen MR) is 89.3 cm³/mol. The van der Waals surface area contributed by atoms with Crippen LogP contribution in [0.5, 0.6) is 5.75 Å². The minimum atomic E-state index is 0.519. The van der Waals surface area contributed by atoms with Gasteiger partial charge in [-0.3, -0.25) is 0 Å². The molecule has 1 saturated carbocycles. The molecule has 0 atom stereocenters. The number of nitrogen functional groups attached to an aromatic ring is 1. The van der Waals surface area contributed by atoms with E-state index in [2.05, 4.69) is 15.3 Å². The minimum Gasteiger partial charge on any atom is -0.497 e. The van der Waals surface area contributed by atoms with Gasteiger partial charge in [0.2, 0.25) is 0 Å². The number of nitrogens with two attached hydrogens (primary N) is 1. The summed E-state index contributed by atoms with van der Waals surface area (Å²) in [6.07, 6.45) is 5.34. The van der Waals surface area contributed by atoms with Crippen LogP contribution in [0, 0.1) is 5.92 Å². The lowest BCUT2D eigenvalue weighted by molar-refractivity contribution is 0.415. The van der Waals surface area contributed by atoms with Crippen LogP contribution in [-0.4, -0.2) is 23.6 Å². The number of aromatic nitrogens is 2. The first-order chi connectivity index (χ1) is 10.7. The predicted octanol–water partition coefficient (Wildman–Crippen LogP) is 3.60. The number of hydrogen-bond donors (Lipinski definition) is 2. The molecule has 0 amide bonds. The van der Waals surface area contributed by atoms with Gasteiger partial charge in [-0.15, -0.1) is 0 Å². The van der Waals surface area contributed by atoms with E-state index in [1.807, 2.05) is 12.1 Å². The molecule has 1 heterocycles. The molecule has 22 heavy (non-hydrogen) atoms. The number of benzene rings is 1. The molecule has 3 N–H and O–H groups in total. The fourth-order valence-electron chi connectivity index (χ4n) is 2.37. The van der Waals surface area contributed by atoms with Crippen LogP contribution in [-0.2, 0) is 0 Å². The highest BCUT2D eigenvalue weighted by molar-refractivity contribution is 6.33. The zero-order valence-electron chi connectivity index (χ0n) is 12.5. The fraction of sp³-hybridized carbons (Fsp3) is 0.375. The lowest BCUT2D eigenvalue weighted by Crippen LogP contribution is -2.08. The Morgan fingerprint density at radius 2 is 2.18 bits per heavy atom.